The van der Waals surface area contributed by atoms with Crippen molar-refractivity contribution in [1.29, 1.82) is 0 Å². The number of rotatable bonds is 5. The van der Waals surface area contributed by atoms with Gasteiger partial charge in [-0.3, -0.25) is 9.97 Å². The third-order valence-corrected chi connectivity index (χ3v) is 3.94. The minimum absolute atomic E-state index is 0.831. The van der Waals surface area contributed by atoms with Gasteiger partial charge in [-0.15, -0.1) is 11.3 Å². The van der Waals surface area contributed by atoms with Crippen LogP contribution in [0.1, 0.15) is 19.0 Å². The van der Waals surface area contributed by atoms with Crippen LogP contribution in [0, 0.1) is 0 Å². The van der Waals surface area contributed by atoms with Crippen LogP contribution in [0.3, 0.4) is 0 Å². The number of hydrogen-bond acceptors (Lipinski definition) is 5. The van der Waals surface area contributed by atoms with Crippen LogP contribution in [-0.4, -0.2) is 21.5 Å². The van der Waals surface area contributed by atoms with Crippen LogP contribution in [0.25, 0.3) is 21.6 Å². The monoisotopic (exact) mass is 284 g/mol. The van der Waals surface area contributed by atoms with Crippen LogP contribution in [0.4, 0.5) is 0 Å². The summed E-state index contributed by atoms with van der Waals surface area (Å²) < 4.78 is 0. The van der Waals surface area contributed by atoms with Gasteiger partial charge in [0.2, 0.25) is 0 Å². The van der Waals surface area contributed by atoms with Crippen molar-refractivity contribution in [1.82, 2.24) is 20.3 Å². The smallest absolute Gasteiger partial charge is 0.123 e. The highest BCUT2D eigenvalue weighted by Gasteiger charge is 2.06. The average molecular weight is 284 g/mol. The fourth-order valence-electron chi connectivity index (χ4n) is 2.01. The molecule has 2 heterocycles. The first kappa shape index (κ1) is 13.1. The highest BCUT2D eigenvalue weighted by molar-refractivity contribution is 7.13. The molecule has 0 spiro atoms. The molecule has 0 aliphatic carbocycles. The summed E-state index contributed by atoms with van der Waals surface area (Å²) in [4.78, 5) is 13.3. The zero-order valence-electron chi connectivity index (χ0n) is 11.3. The predicted molar refractivity (Wildman–Crippen MR) is 82.6 cm³/mol. The number of nitrogens with zero attached hydrogens (tertiary/aromatic N) is 3. The van der Waals surface area contributed by atoms with Crippen LogP contribution >= 0.6 is 11.3 Å². The molecule has 5 heteroatoms. The molecule has 102 valence electrons. The normalized spacial score (nSPS) is 11.1. The molecule has 2 aromatic heterocycles. The molecule has 1 aromatic carbocycles. The fraction of sp³-hybridized carbons (Fsp3) is 0.267. The quantitative estimate of drug-likeness (QED) is 0.731. The van der Waals surface area contributed by atoms with Crippen molar-refractivity contribution >= 4 is 22.4 Å². The van der Waals surface area contributed by atoms with E-state index in [1.807, 2.05) is 12.1 Å². The van der Waals surface area contributed by atoms with Gasteiger partial charge in [-0.2, -0.15) is 0 Å². The summed E-state index contributed by atoms with van der Waals surface area (Å²) in [5.41, 5.74) is 4.02. The topological polar surface area (TPSA) is 50.7 Å². The van der Waals surface area contributed by atoms with Crippen molar-refractivity contribution in [2.45, 2.75) is 19.9 Å². The van der Waals surface area contributed by atoms with Gasteiger partial charge >= 0.3 is 0 Å². The van der Waals surface area contributed by atoms with Gasteiger partial charge in [-0.05, 0) is 31.2 Å². The lowest BCUT2D eigenvalue weighted by Gasteiger charge is -2.00. The summed E-state index contributed by atoms with van der Waals surface area (Å²) in [5, 5.41) is 6.51. The number of hydrogen-bond donors (Lipinski definition) is 1. The third kappa shape index (κ3) is 2.84. The van der Waals surface area contributed by atoms with Crippen LogP contribution < -0.4 is 5.32 Å². The van der Waals surface area contributed by atoms with Crippen LogP contribution in [0.2, 0.25) is 0 Å². The Kier molecular flexibility index (Phi) is 3.99. The molecule has 3 rings (SSSR count). The van der Waals surface area contributed by atoms with E-state index in [2.05, 4.69) is 38.6 Å². The van der Waals surface area contributed by atoms with E-state index < -0.39 is 0 Å². The predicted octanol–water partition coefficient (Wildman–Crippen LogP) is 3.25. The molecule has 0 bridgehead atoms. The van der Waals surface area contributed by atoms with E-state index in [0.717, 1.165) is 46.8 Å². The molecule has 0 aliphatic heterocycles. The molecule has 0 saturated carbocycles. The third-order valence-electron chi connectivity index (χ3n) is 3.00. The molecule has 20 heavy (non-hydrogen) atoms. The maximum atomic E-state index is 4.67. The first-order valence-electron chi connectivity index (χ1n) is 6.73. The van der Waals surface area contributed by atoms with Crippen molar-refractivity contribution in [3.8, 4) is 10.6 Å². The van der Waals surface area contributed by atoms with Crippen molar-refractivity contribution in [2.24, 2.45) is 0 Å². The van der Waals surface area contributed by atoms with E-state index in [9.17, 15) is 0 Å². The van der Waals surface area contributed by atoms with E-state index >= 15 is 0 Å². The Hall–Kier alpha value is -1.85. The number of aromatic nitrogens is 3. The van der Waals surface area contributed by atoms with Gasteiger partial charge in [0.25, 0.3) is 0 Å². The van der Waals surface area contributed by atoms with Crippen LogP contribution in [0.15, 0.2) is 36.0 Å². The Morgan fingerprint density at radius 3 is 2.85 bits per heavy atom. The molecule has 0 amide bonds. The first-order chi connectivity index (χ1) is 9.86. The summed E-state index contributed by atoms with van der Waals surface area (Å²) >= 11 is 1.67. The summed E-state index contributed by atoms with van der Waals surface area (Å²) in [6, 6.07) is 6.09. The Morgan fingerprint density at radius 1 is 1.15 bits per heavy atom. The van der Waals surface area contributed by atoms with Crippen LogP contribution in [-0.2, 0) is 6.54 Å². The second-order valence-corrected chi connectivity index (χ2v) is 5.44. The minimum Gasteiger partial charge on any atom is -0.311 e. The molecule has 0 unspecified atom stereocenters. The second kappa shape index (κ2) is 6.07. The van der Waals surface area contributed by atoms with Gasteiger partial charge in [-0.1, -0.05) is 6.92 Å². The van der Waals surface area contributed by atoms with Gasteiger partial charge in [-0.25, -0.2) is 4.98 Å². The maximum absolute atomic E-state index is 4.67. The van der Waals surface area contributed by atoms with E-state index in [1.54, 1.807) is 23.7 Å². The van der Waals surface area contributed by atoms with E-state index in [-0.39, 0.29) is 0 Å². The molecule has 0 saturated heterocycles. The van der Waals surface area contributed by atoms with Gasteiger partial charge in [0.1, 0.15) is 5.01 Å². The number of benzene rings is 1. The average Bonchev–Trinajstić information content (AvgIpc) is 2.96. The highest BCUT2D eigenvalue weighted by Crippen LogP contribution is 2.25. The Balaban J connectivity index is 1.83. The summed E-state index contributed by atoms with van der Waals surface area (Å²) in [5.74, 6) is 0. The Labute approximate surface area is 121 Å². The molecular formula is C15H16N4S. The molecule has 1 N–H and O–H groups in total. The van der Waals surface area contributed by atoms with Gasteiger partial charge in [0, 0.05) is 29.9 Å². The van der Waals surface area contributed by atoms with Crippen molar-refractivity contribution < 1.29 is 0 Å². The maximum Gasteiger partial charge on any atom is 0.123 e. The van der Waals surface area contributed by atoms with Crippen molar-refractivity contribution in [3.05, 3.63) is 41.7 Å². The SMILES string of the molecule is CCCNCc1csc(-c2ccc3nccnc3c2)n1. The van der Waals surface area contributed by atoms with Crippen molar-refractivity contribution in [3.63, 3.8) is 0 Å². The minimum atomic E-state index is 0.831. The molecular weight excluding hydrogens is 268 g/mol. The zero-order chi connectivity index (χ0) is 13.8. The fourth-order valence-corrected chi connectivity index (χ4v) is 2.83. The largest absolute Gasteiger partial charge is 0.311 e. The van der Waals surface area contributed by atoms with E-state index in [0.29, 0.717) is 0 Å². The van der Waals surface area contributed by atoms with Gasteiger partial charge in [0.15, 0.2) is 0 Å². The number of fused-ring (bicyclic) bond motifs is 1. The summed E-state index contributed by atoms with van der Waals surface area (Å²) in [7, 11) is 0. The van der Waals surface area contributed by atoms with Crippen LogP contribution in [0.5, 0.6) is 0 Å². The van der Waals surface area contributed by atoms with E-state index in [4.69, 9.17) is 0 Å². The number of thiazole rings is 1. The molecule has 0 fully saturated rings. The lowest BCUT2D eigenvalue weighted by Crippen LogP contribution is -2.13. The van der Waals surface area contributed by atoms with Crippen molar-refractivity contribution in [2.75, 3.05) is 6.54 Å². The lowest BCUT2D eigenvalue weighted by molar-refractivity contribution is 0.667. The van der Waals surface area contributed by atoms with Gasteiger partial charge < -0.3 is 5.32 Å². The molecule has 3 aromatic rings. The molecule has 0 atom stereocenters. The summed E-state index contributed by atoms with van der Waals surface area (Å²) in [6.45, 7) is 4.02. The number of nitrogens with one attached hydrogen (secondary N) is 1. The lowest BCUT2D eigenvalue weighted by atomic mass is 10.2. The Morgan fingerprint density at radius 2 is 2.00 bits per heavy atom. The molecule has 0 aliphatic rings. The second-order valence-electron chi connectivity index (χ2n) is 4.58. The van der Waals surface area contributed by atoms with E-state index in [1.165, 1.54) is 0 Å². The Bertz CT molecular complexity index is 708. The van der Waals surface area contributed by atoms with Gasteiger partial charge in [0.05, 0.1) is 16.7 Å². The molecule has 4 nitrogen and oxygen atoms in total. The first-order valence-corrected chi connectivity index (χ1v) is 7.61. The summed E-state index contributed by atoms with van der Waals surface area (Å²) in [6.07, 6.45) is 4.57. The highest BCUT2D eigenvalue weighted by atomic mass is 32.1. The molecule has 0 radical (unpaired) electrons. The zero-order valence-corrected chi connectivity index (χ0v) is 12.2. The standard InChI is InChI=1S/C15H16N4S/c1-2-5-16-9-12-10-20-15(19-12)11-3-4-13-14(8-11)18-7-6-17-13/h3-4,6-8,10,16H,2,5,9H2,1H3.